The zero-order chi connectivity index (χ0) is 17.2. The van der Waals surface area contributed by atoms with E-state index in [4.69, 9.17) is 0 Å². The lowest BCUT2D eigenvalue weighted by molar-refractivity contribution is -0.126. The molecular formula is C18H25BrClN3O2. The zero-order valence-electron chi connectivity index (χ0n) is 14.4. The molecule has 2 heterocycles. The maximum atomic E-state index is 12.5. The number of hydrogen-bond acceptors (Lipinski definition) is 3. The first-order valence-corrected chi connectivity index (χ1v) is 9.31. The molecule has 2 amide bonds. The molecule has 2 N–H and O–H groups in total. The monoisotopic (exact) mass is 429 g/mol. The van der Waals surface area contributed by atoms with Crippen molar-refractivity contribution in [2.75, 3.05) is 31.1 Å². The van der Waals surface area contributed by atoms with E-state index in [-0.39, 0.29) is 42.0 Å². The highest BCUT2D eigenvalue weighted by molar-refractivity contribution is 9.10. The molecule has 2 saturated heterocycles. The Hall–Kier alpha value is -1.11. The molecule has 0 radical (unpaired) electrons. The van der Waals surface area contributed by atoms with Crippen LogP contribution in [0.5, 0.6) is 0 Å². The van der Waals surface area contributed by atoms with Crippen LogP contribution in [0.4, 0.5) is 5.69 Å². The van der Waals surface area contributed by atoms with Gasteiger partial charge in [-0.15, -0.1) is 12.4 Å². The van der Waals surface area contributed by atoms with Crippen LogP contribution in [-0.4, -0.2) is 38.0 Å². The van der Waals surface area contributed by atoms with Crippen LogP contribution in [0.1, 0.15) is 26.2 Å². The predicted octanol–water partition coefficient (Wildman–Crippen LogP) is 2.73. The van der Waals surface area contributed by atoms with E-state index in [2.05, 4.69) is 33.5 Å². The maximum Gasteiger partial charge on any atom is 0.227 e. The summed E-state index contributed by atoms with van der Waals surface area (Å²) in [7, 11) is 0. The van der Waals surface area contributed by atoms with E-state index < -0.39 is 0 Å². The Labute approximate surface area is 163 Å². The van der Waals surface area contributed by atoms with Crippen molar-refractivity contribution in [2.45, 2.75) is 26.2 Å². The second kappa shape index (κ2) is 8.52. The number of amides is 2. The number of halogens is 2. The normalized spacial score (nSPS) is 22.4. The predicted molar refractivity (Wildman–Crippen MR) is 105 cm³/mol. The molecule has 2 aliphatic rings. The summed E-state index contributed by atoms with van der Waals surface area (Å²) < 4.78 is 0.930. The molecule has 0 saturated carbocycles. The maximum absolute atomic E-state index is 12.5. The summed E-state index contributed by atoms with van der Waals surface area (Å²) >= 11 is 3.43. The van der Waals surface area contributed by atoms with Gasteiger partial charge in [0.2, 0.25) is 11.8 Å². The van der Waals surface area contributed by atoms with E-state index in [0.29, 0.717) is 13.1 Å². The van der Waals surface area contributed by atoms with Crippen LogP contribution >= 0.6 is 28.3 Å². The molecule has 1 atom stereocenters. The quantitative estimate of drug-likeness (QED) is 0.772. The fraction of sp³-hybridized carbons (Fsp3) is 0.556. The zero-order valence-corrected chi connectivity index (χ0v) is 16.8. The number of anilines is 1. The minimum absolute atomic E-state index is 0. The van der Waals surface area contributed by atoms with Crippen LogP contribution in [-0.2, 0) is 9.59 Å². The van der Waals surface area contributed by atoms with Gasteiger partial charge in [-0.05, 0) is 49.5 Å². The Morgan fingerprint density at radius 3 is 2.80 bits per heavy atom. The van der Waals surface area contributed by atoms with Gasteiger partial charge in [-0.25, -0.2) is 0 Å². The van der Waals surface area contributed by atoms with E-state index in [1.54, 1.807) is 4.90 Å². The molecule has 0 bridgehead atoms. The number of nitrogens with zero attached hydrogens (tertiary/aromatic N) is 1. The van der Waals surface area contributed by atoms with Crippen LogP contribution in [0.25, 0.3) is 0 Å². The summed E-state index contributed by atoms with van der Waals surface area (Å²) in [5.74, 6) is -0.247. The summed E-state index contributed by atoms with van der Waals surface area (Å²) in [6, 6.07) is 7.64. The lowest BCUT2D eigenvalue weighted by atomic mass is 9.81. The molecule has 1 aromatic carbocycles. The van der Waals surface area contributed by atoms with Gasteiger partial charge < -0.3 is 15.5 Å². The molecule has 7 heteroatoms. The topological polar surface area (TPSA) is 61.4 Å². The molecule has 0 spiro atoms. The van der Waals surface area contributed by atoms with Gasteiger partial charge >= 0.3 is 0 Å². The average molecular weight is 431 g/mol. The summed E-state index contributed by atoms with van der Waals surface area (Å²) in [5, 5.41) is 6.43. The minimum Gasteiger partial charge on any atom is -0.355 e. The summed E-state index contributed by atoms with van der Waals surface area (Å²) in [6.45, 7) is 5.38. The Kier molecular flexibility index (Phi) is 6.88. The molecule has 0 aromatic heterocycles. The third-order valence-corrected chi connectivity index (χ3v) is 5.61. The molecule has 25 heavy (non-hydrogen) atoms. The largest absolute Gasteiger partial charge is 0.355 e. The highest BCUT2D eigenvalue weighted by atomic mass is 79.9. The van der Waals surface area contributed by atoms with Crippen LogP contribution in [0.2, 0.25) is 0 Å². The Bertz CT molecular complexity index is 635. The first-order chi connectivity index (χ1) is 11.5. The van der Waals surface area contributed by atoms with Crippen LogP contribution in [0, 0.1) is 11.3 Å². The van der Waals surface area contributed by atoms with Gasteiger partial charge in [0.05, 0.1) is 5.92 Å². The number of benzene rings is 1. The smallest absolute Gasteiger partial charge is 0.227 e. The van der Waals surface area contributed by atoms with E-state index in [0.717, 1.165) is 36.1 Å². The molecule has 0 aliphatic carbocycles. The average Bonchev–Trinajstić information content (AvgIpc) is 2.95. The van der Waals surface area contributed by atoms with Crippen molar-refractivity contribution in [2.24, 2.45) is 11.3 Å². The number of carbonyl (C=O) groups is 2. The van der Waals surface area contributed by atoms with Gasteiger partial charge in [0.25, 0.3) is 0 Å². The summed E-state index contributed by atoms with van der Waals surface area (Å²) in [6.07, 6.45) is 2.43. The number of hydrogen-bond donors (Lipinski definition) is 2. The van der Waals surface area contributed by atoms with Gasteiger partial charge in [-0.1, -0.05) is 28.9 Å². The summed E-state index contributed by atoms with van der Waals surface area (Å²) in [4.78, 5) is 26.5. The minimum atomic E-state index is -0.262. The van der Waals surface area contributed by atoms with Crippen molar-refractivity contribution in [3.8, 4) is 0 Å². The van der Waals surface area contributed by atoms with Crippen LogP contribution < -0.4 is 15.5 Å². The Balaban J connectivity index is 0.00000225. The van der Waals surface area contributed by atoms with Gasteiger partial charge in [-0.3, -0.25) is 9.59 Å². The molecule has 3 rings (SSSR count). The Morgan fingerprint density at radius 1 is 1.40 bits per heavy atom. The second-order valence-corrected chi connectivity index (χ2v) is 8.08. The van der Waals surface area contributed by atoms with Crippen molar-refractivity contribution < 1.29 is 9.59 Å². The van der Waals surface area contributed by atoms with Crippen LogP contribution in [0.15, 0.2) is 28.7 Å². The van der Waals surface area contributed by atoms with Gasteiger partial charge in [0, 0.05) is 29.7 Å². The van der Waals surface area contributed by atoms with Crippen molar-refractivity contribution in [3.63, 3.8) is 0 Å². The first-order valence-electron chi connectivity index (χ1n) is 8.51. The standard InChI is InChI=1S/C18H24BrN3O2.ClH/c1-18(5-7-20-8-6-18)12-21-17(24)13-9-16(23)22(11-13)15-4-2-3-14(19)10-15;/h2-4,10,13,20H,5-9,11-12H2,1H3,(H,21,24);1H. The third kappa shape index (κ3) is 4.96. The molecule has 138 valence electrons. The van der Waals surface area contributed by atoms with Gasteiger partial charge in [0.1, 0.15) is 0 Å². The van der Waals surface area contributed by atoms with Crippen molar-refractivity contribution >= 4 is 45.8 Å². The number of rotatable bonds is 4. The third-order valence-electron chi connectivity index (χ3n) is 5.12. The van der Waals surface area contributed by atoms with E-state index >= 15 is 0 Å². The van der Waals surface area contributed by atoms with Crippen molar-refractivity contribution in [1.29, 1.82) is 0 Å². The molecule has 5 nitrogen and oxygen atoms in total. The first kappa shape index (κ1) is 20.2. The molecule has 1 aromatic rings. The number of nitrogens with one attached hydrogen (secondary N) is 2. The lowest BCUT2D eigenvalue weighted by Gasteiger charge is -2.34. The fourth-order valence-corrected chi connectivity index (χ4v) is 3.82. The number of piperidine rings is 1. The highest BCUT2D eigenvalue weighted by Gasteiger charge is 2.36. The van der Waals surface area contributed by atoms with E-state index in [9.17, 15) is 9.59 Å². The molecule has 2 aliphatic heterocycles. The van der Waals surface area contributed by atoms with Gasteiger partial charge in [-0.2, -0.15) is 0 Å². The highest BCUT2D eigenvalue weighted by Crippen LogP contribution is 2.29. The van der Waals surface area contributed by atoms with Crippen molar-refractivity contribution in [3.05, 3.63) is 28.7 Å². The molecular weight excluding hydrogens is 406 g/mol. The van der Waals surface area contributed by atoms with Crippen molar-refractivity contribution in [1.82, 2.24) is 10.6 Å². The molecule has 2 fully saturated rings. The molecule has 1 unspecified atom stereocenters. The lowest BCUT2D eigenvalue weighted by Crippen LogP contribution is -2.44. The Morgan fingerprint density at radius 2 is 2.12 bits per heavy atom. The fourth-order valence-electron chi connectivity index (χ4n) is 3.43. The second-order valence-electron chi connectivity index (χ2n) is 7.16. The SMILES string of the molecule is CC1(CNC(=O)C2CC(=O)N(c3cccc(Br)c3)C2)CCNCC1.Cl. The summed E-state index contributed by atoms with van der Waals surface area (Å²) in [5.41, 5.74) is 1.00. The van der Waals surface area contributed by atoms with Gasteiger partial charge in [0.15, 0.2) is 0 Å². The van der Waals surface area contributed by atoms with E-state index in [1.807, 2.05) is 24.3 Å². The number of carbonyl (C=O) groups excluding carboxylic acids is 2. The van der Waals surface area contributed by atoms with Crippen LogP contribution in [0.3, 0.4) is 0 Å². The van der Waals surface area contributed by atoms with E-state index in [1.165, 1.54) is 0 Å².